The summed E-state index contributed by atoms with van der Waals surface area (Å²) in [4.78, 5) is 39.9. The molecule has 1 saturated heterocycles. The molecule has 12 heteroatoms. The van der Waals surface area contributed by atoms with Gasteiger partial charge in [0.05, 0.1) is 22.3 Å². The number of benzene rings is 2. The molecule has 1 aliphatic carbocycles. The van der Waals surface area contributed by atoms with E-state index in [0.717, 1.165) is 35.8 Å². The number of carbonyl (C=O) groups excluding carboxylic acids is 1. The second kappa shape index (κ2) is 10.5. The number of halogens is 3. The Morgan fingerprint density at radius 1 is 1.05 bits per heavy atom. The molecular weight excluding hydrogens is 549 g/mol. The monoisotopic (exact) mass is 578 g/mol. The van der Waals surface area contributed by atoms with E-state index in [1.54, 1.807) is 30.6 Å². The number of likely N-dealkylation sites (N-methyl/N-ethyl adjacent to an activating group) is 1. The van der Waals surface area contributed by atoms with Crippen LogP contribution in [0.4, 0.5) is 18.9 Å². The molecular formula is C30H29F3N6O3. The molecule has 1 N–H and O–H groups in total. The van der Waals surface area contributed by atoms with Crippen molar-refractivity contribution in [2.24, 2.45) is 0 Å². The normalized spacial score (nSPS) is 17.3. The number of aryl methyl sites for hydroxylation is 1. The number of alkyl halides is 3. The van der Waals surface area contributed by atoms with Crippen molar-refractivity contribution in [2.45, 2.75) is 31.7 Å². The lowest BCUT2D eigenvalue weighted by Crippen LogP contribution is -2.54. The van der Waals surface area contributed by atoms with Gasteiger partial charge in [0.15, 0.2) is 5.75 Å². The lowest BCUT2D eigenvalue weighted by molar-refractivity contribution is -0.274. The largest absolute Gasteiger partial charge is 0.573 e. The fraction of sp³-hybridized carbons (Fsp3) is 0.333. The third kappa shape index (κ3) is 5.35. The molecule has 1 aliphatic heterocycles. The molecule has 0 spiro atoms. The van der Waals surface area contributed by atoms with Crippen LogP contribution in [0.3, 0.4) is 0 Å². The predicted molar refractivity (Wildman–Crippen MR) is 152 cm³/mol. The van der Waals surface area contributed by atoms with Crippen molar-refractivity contribution < 1.29 is 22.7 Å². The van der Waals surface area contributed by atoms with Crippen molar-refractivity contribution in [3.8, 4) is 22.6 Å². The summed E-state index contributed by atoms with van der Waals surface area (Å²) in [5.74, 6) is -0.953. The number of piperazine rings is 1. The Hall–Kier alpha value is -4.29. The third-order valence-corrected chi connectivity index (χ3v) is 8.08. The molecule has 1 amide bonds. The Labute approximate surface area is 239 Å². The van der Waals surface area contributed by atoms with E-state index in [1.165, 1.54) is 23.0 Å². The van der Waals surface area contributed by atoms with Gasteiger partial charge in [-0.3, -0.25) is 24.0 Å². The molecule has 0 radical (unpaired) electrons. The number of amides is 1. The zero-order valence-electron chi connectivity index (χ0n) is 23.1. The molecule has 218 valence electrons. The molecule has 4 aromatic rings. The minimum Gasteiger partial charge on any atom is -0.404 e. The fourth-order valence-electron chi connectivity index (χ4n) is 5.50. The van der Waals surface area contributed by atoms with Crippen LogP contribution in [0.25, 0.3) is 27.7 Å². The summed E-state index contributed by atoms with van der Waals surface area (Å²) in [5, 5.41) is 3.01. The Morgan fingerprint density at radius 3 is 2.50 bits per heavy atom. The van der Waals surface area contributed by atoms with Crippen LogP contribution in [0.15, 0.2) is 66.0 Å². The van der Waals surface area contributed by atoms with Gasteiger partial charge >= 0.3 is 6.36 Å². The van der Waals surface area contributed by atoms with E-state index >= 15 is 0 Å². The van der Waals surface area contributed by atoms with E-state index < -0.39 is 29.1 Å². The first kappa shape index (κ1) is 27.9. The molecule has 6 rings (SSSR count). The first-order chi connectivity index (χ1) is 20.0. The molecule has 2 aromatic heterocycles. The molecule has 9 nitrogen and oxygen atoms in total. The molecule has 2 aromatic carbocycles. The number of fused-ring (bicyclic) bond motifs is 1. The van der Waals surface area contributed by atoms with E-state index in [0.29, 0.717) is 36.8 Å². The van der Waals surface area contributed by atoms with Crippen molar-refractivity contribution >= 4 is 22.5 Å². The maximum absolute atomic E-state index is 13.5. The smallest absolute Gasteiger partial charge is 0.404 e. The molecule has 42 heavy (non-hydrogen) atoms. The average Bonchev–Trinajstić information content (AvgIpc) is 3.76. The summed E-state index contributed by atoms with van der Waals surface area (Å²) in [6, 6.07) is 10.9. The molecule has 1 saturated carbocycles. The fourth-order valence-corrected chi connectivity index (χ4v) is 5.50. The highest BCUT2D eigenvalue weighted by Gasteiger charge is 2.55. The quantitative estimate of drug-likeness (QED) is 0.363. The van der Waals surface area contributed by atoms with E-state index in [2.05, 4.69) is 29.8 Å². The van der Waals surface area contributed by atoms with E-state index in [9.17, 15) is 22.8 Å². The lowest BCUT2D eigenvalue weighted by Gasteiger charge is -2.37. The highest BCUT2D eigenvalue weighted by atomic mass is 19.4. The zero-order valence-corrected chi connectivity index (χ0v) is 23.1. The van der Waals surface area contributed by atoms with Crippen molar-refractivity contribution in [3.63, 3.8) is 0 Å². The Bertz CT molecular complexity index is 1730. The van der Waals surface area contributed by atoms with Crippen molar-refractivity contribution in [1.82, 2.24) is 24.3 Å². The van der Waals surface area contributed by atoms with Gasteiger partial charge in [0.1, 0.15) is 11.9 Å². The number of ether oxygens (including phenoxy) is 1. The second-order valence-corrected chi connectivity index (χ2v) is 10.8. The molecule has 0 bridgehead atoms. The van der Waals surface area contributed by atoms with Crippen molar-refractivity contribution in [2.75, 3.05) is 38.5 Å². The lowest BCUT2D eigenvalue weighted by atomic mass is 10.0. The van der Waals surface area contributed by atoms with Crippen LogP contribution < -0.4 is 15.6 Å². The number of nitrogens with one attached hydrogen (secondary N) is 1. The second-order valence-electron chi connectivity index (χ2n) is 10.8. The summed E-state index contributed by atoms with van der Waals surface area (Å²) in [6.45, 7) is 4.94. The molecule has 0 atom stereocenters. The number of aromatic nitrogens is 3. The number of nitrogens with zero attached hydrogens (tertiary/aromatic N) is 5. The van der Waals surface area contributed by atoms with Crippen molar-refractivity contribution in [3.05, 3.63) is 77.1 Å². The predicted octanol–water partition coefficient (Wildman–Crippen LogP) is 4.37. The maximum Gasteiger partial charge on any atom is 0.573 e. The van der Waals surface area contributed by atoms with Gasteiger partial charge in [0.2, 0.25) is 5.91 Å². The van der Waals surface area contributed by atoms with Gasteiger partial charge in [-0.15, -0.1) is 13.2 Å². The van der Waals surface area contributed by atoms with E-state index in [1.807, 2.05) is 20.0 Å². The number of rotatable bonds is 6. The number of pyridine rings is 1. The number of hydrogen-bond donors (Lipinski definition) is 1. The third-order valence-electron chi connectivity index (χ3n) is 8.08. The van der Waals surface area contributed by atoms with Crippen molar-refractivity contribution in [1.29, 1.82) is 0 Å². The summed E-state index contributed by atoms with van der Waals surface area (Å²) in [5.41, 5.74) is 2.13. The summed E-state index contributed by atoms with van der Waals surface area (Å²) in [7, 11) is 2.01. The van der Waals surface area contributed by atoms with Crippen LogP contribution in [0.2, 0.25) is 0 Å². The molecule has 3 heterocycles. The van der Waals surface area contributed by atoms with Gasteiger partial charge in [-0.1, -0.05) is 6.07 Å². The average molecular weight is 579 g/mol. The Balaban J connectivity index is 1.34. The van der Waals surface area contributed by atoms with Gasteiger partial charge in [-0.25, -0.2) is 4.98 Å². The van der Waals surface area contributed by atoms with Crippen LogP contribution in [-0.4, -0.2) is 75.4 Å². The SMILES string of the molecule is Cc1ccncc1-c1ccc2c(=O)n(-c3ccc(OC(F)(F)F)c(NC(=O)C4(N5CCN(C)CC5)CC4)c3)cnc2c1. The first-order valence-electron chi connectivity index (χ1n) is 13.6. The van der Waals surface area contributed by atoms with Gasteiger partial charge in [0.25, 0.3) is 5.56 Å². The number of anilines is 1. The zero-order chi connectivity index (χ0) is 29.6. The van der Waals surface area contributed by atoms with Crippen LogP contribution in [0, 0.1) is 6.92 Å². The van der Waals surface area contributed by atoms with Gasteiger partial charge in [-0.2, -0.15) is 0 Å². The summed E-state index contributed by atoms with van der Waals surface area (Å²) < 4.78 is 45.2. The summed E-state index contributed by atoms with van der Waals surface area (Å²) >= 11 is 0. The van der Waals surface area contributed by atoms with Crippen LogP contribution in [0.5, 0.6) is 5.75 Å². The van der Waals surface area contributed by atoms with Gasteiger partial charge < -0.3 is 15.0 Å². The van der Waals surface area contributed by atoms with E-state index in [4.69, 9.17) is 0 Å². The first-order valence-corrected chi connectivity index (χ1v) is 13.6. The Kier molecular flexibility index (Phi) is 6.98. The minimum atomic E-state index is -4.97. The number of hydrogen-bond acceptors (Lipinski definition) is 7. The van der Waals surface area contributed by atoms with Crippen LogP contribution >= 0.6 is 0 Å². The highest BCUT2D eigenvalue weighted by Crippen LogP contribution is 2.44. The number of carbonyl (C=O) groups is 1. The topological polar surface area (TPSA) is 92.6 Å². The highest BCUT2D eigenvalue weighted by molar-refractivity contribution is 6.01. The van der Waals surface area contributed by atoms with Crippen LogP contribution in [-0.2, 0) is 4.79 Å². The molecule has 0 unspecified atom stereocenters. The van der Waals surface area contributed by atoms with Crippen LogP contribution in [0.1, 0.15) is 18.4 Å². The standard InChI is InChI=1S/C30H29F3N6O3/c1-19-7-10-34-17-23(19)20-3-5-22-24(15-20)35-18-39(27(22)40)21-4-6-26(42-30(31,32)33)25(16-21)36-28(41)29(8-9-29)38-13-11-37(2)12-14-38/h3-7,10,15-18H,8-9,11-14H2,1-2H3,(H,36,41). The molecule has 2 fully saturated rings. The summed E-state index contributed by atoms with van der Waals surface area (Å²) in [6.07, 6.45) is 1.03. The molecule has 2 aliphatic rings. The van der Waals surface area contributed by atoms with E-state index in [-0.39, 0.29) is 11.4 Å². The Morgan fingerprint density at radius 2 is 1.81 bits per heavy atom. The van der Waals surface area contributed by atoms with Gasteiger partial charge in [0, 0.05) is 44.1 Å². The minimum absolute atomic E-state index is 0.176. The van der Waals surface area contributed by atoms with Gasteiger partial charge in [-0.05, 0) is 74.3 Å². The maximum atomic E-state index is 13.5.